The van der Waals surface area contributed by atoms with Gasteiger partial charge in [0.05, 0.1) is 19.3 Å². The topological polar surface area (TPSA) is 64.0 Å². The Bertz CT molecular complexity index is 582. The molecule has 2 N–H and O–H groups in total. The molecule has 24 heavy (non-hydrogen) atoms. The minimum atomic E-state index is -0.625. The Labute approximate surface area is 143 Å². The number of benzene rings is 1. The highest BCUT2D eigenvalue weighted by Crippen LogP contribution is 2.28. The molecule has 2 aliphatic heterocycles. The highest BCUT2D eigenvalue weighted by atomic mass is 16.3. The van der Waals surface area contributed by atoms with E-state index in [2.05, 4.69) is 30.0 Å². The van der Waals surface area contributed by atoms with Crippen molar-refractivity contribution >= 4 is 11.6 Å². The first-order chi connectivity index (χ1) is 11.6. The van der Waals surface area contributed by atoms with Crippen molar-refractivity contribution in [3.8, 4) is 0 Å². The first kappa shape index (κ1) is 17.4. The van der Waals surface area contributed by atoms with E-state index >= 15 is 0 Å². The van der Waals surface area contributed by atoms with Crippen LogP contribution in [-0.2, 0) is 11.2 Å². The van der Waals surface area contributed by atoms with E-state index in [0.29, 0.717) is 6.54 Å². The van der Waals surface area contributed by atoms with Gasteiger partial charge in [0.25, 0.3) is 0 Å². The van der Waals surface area contributed by atoms with Gasteiger partial charge >= 0.3 is 0 Å². The average molecular weight is 332 g/mol. The monoisotopic (exact) mass is 332 g/mol. The van der Waals surface area contributed by atoms with Crippen LogP contribution < -0.4 is 4.90 Å². The van der Waals surface area contributed by atoms with Crippen LogP contribution in [0.4, 0.5) is 5.69 Å². The number of piperidine rings is 1. The number of rotatable bonds is 4. The molecule has 1 fully saturated rings. The summed E-state index contributed by atoms with van der Waals surface area (Å²) in [5, 5.41) is 18.8. The summed E-state index contributed by atoms with van der Waals surface area (Å²) in [5.74, 6) is 0.320. The Morgan fingerprint density at radius 3 is 2.75 bits per heavy atom. The lowest BCUT2D eigenvalue weighted by atomic mass is 9.91. The lowest BCUT2D eigenvalue weighted by molar-refractivity contribution is -0.120. The van der Waals surface area contributed by atoms with Gasteiger partial charge in [0.1, 0.15) is 0 Å². The molecule has 1 atom stereocenters. The fourth-order valence-electron chi connectivity index (χ4n) is 3.91. The van der Waals surface area contributed by atoms with Crippen molar-refractivity contribution in [1.82, 2.24) is 4.90 Å². The molecule has 1 saturated heterocycles. The van der Waals surface area contributed by atoms with Crippen LogP contribution in [0.1, 0.15) is 30.4 Å². The smallest absolute Gasteiger partial charge is 0.241 e. The molecule has 0 bridgehead atoms. The zero-order valence-corrected chi connectivity index (χ0v) is 14.4. The lowest BCUT2D eigenvalue weighted by Gasteiger charge is -2.36. The third kappa shape index (κ3) is 3.79. The molecular formula is C19H28N2O3. The van der Waals surface area contributed by atoms with Crippen LogP contribution in [0.15, 0.2) is 18.2 Å². The molecule has 1 unspecified atom stereocenters. The molecule has 0 radical (unpaired) electrons. The van der Waals surface area contributed by atoms with Gasteiger partial charge in [-0.25, -0.2) is 0 Å². The highest BCUT2D eigenvalue weighted by molar-refractivity contribution is 5.96. The number of aliphatic hydroxyl groups excluding tert-OH is 2. The number of anilines is 1. The normalized spacial score (nSPS) is 20.7. The third-order valence-corrected chi connectivity index (χ3v) is 5.38. The van der Waals surface area contributed by atoms with Crippen LogP contribution in [0, 0.1) is 12.8 Å². The van der Waals surface area contributed by atoms with E-state index in [4.69, 9.17) is 5.11 Å². The van der Waals surface area contributed by atoms with E-state index in [-0.39, 0.29) is 18.4 Å². The Hall–Kier alpha value is -1.43. The average Bonchev–Trinajstić information content (AvgIpc) is 2.60. The minimum absolute atomic E-state index is 0.153. The van der Waals surface area contributed by atoms with Crippen molar-refractivity contribution in [1.29, 1.82) is 0 Å². The van der Waals surface area contributed by atoms with Crippen LogP contribution in [0.3, 0.4) is 0 Å². The first-order valence-corrected chi connectivity index (χ1v) is 8.99. The zero-order valence-electron chi connectivity index (χ0n) is 14.4. The predicted molar refractivity (Wildman–Crippen MR) is 94.1 cm³/mol. The van der Waals surface area contributed by atoms with Gasteiger partial charge in [-0.15, -0.1) is 0 Å². The predicted octanol–water partition coefficient (Wildman–Crippen LogP) is 1.34. The van der Waals surface area contributed by atoms with E-state index in [1.54, 1.807) is 0 Å². The Kier molecular flexibility index (Phi) is 5.54. The second-order valence-electron chi connectivity index (χ2n) is 7.14. The highest BCUT2D eigenvalue weighted by Gasteiger charge is 2.28. The van der Waals surface area contributed by atoms with Crippen molar-refractivity contribution < 1.29 is 15.0 Å². The van der Waals surface area contributed by atoms with Gasteiger partial charge in [-0.3, -0.25) is 9.69 Å². The quantitative estimate of drug-likeness (QED) is 0.873. The summed E-state index contributed by atoms with van der Waals surface area (Å²) in [7, 11) is 0. The molecule has 0 saturated carbocycles. The van der Waals surface area contributed by atoms with Crippen LogP contribution in [0.2, 0.25) is 0 Å². The van der Waals surface area contributed by atoms with Crippen LogP contribution in [-0.4, -0.2) is 59.9 Å². The van der Waals surface area contributed by atoms with Gasteiger partial charge in [0.15, 0.2) is 0 Å². The summed E-state index contributed by atoms with van der Waals surface area (Å²) < 4.78 is 0. The number of fused-ring (bicyclic) bond motifs is 1. The van der Waals surface area contributed by atoms with E-state index in [0.717, 1.165) is 51.0 Å². The zero-order chi connectivity index (χ0) is 17.1. The van der Waals surface area contributed by atoms with Crippen molar-refractivity contribution in [3.05, 3.63) is 29.3 Å². The molecule has 1 aromatic carbocycles. The van der Waals surface area contributed by atoms with Crippen LogP contribution >= 0.6 is 0 Å². The SMILES string of the molecule is Cc1ccc2c(c1)CCCN2C(=O)CN1CCC(C(O)CO)CC1. The van der Waals surface area contributed by atoms with Crippen LogP contribution in [0.5, 0.6) is 0 Å². The fraction of sp³-hybridized carbons (Fsp3) is 0.632. The molecule has 1 amide bonds. The molecule has 2 aliphatic rings. The van der Waals surface area contributed by atoms with Gasteiger partial charge in [0, 0.05) is 12.2 Å². The molecule has 2 heterocycles. The molecule has 132 valence electrons. The molecule has 1 aromatic rings. The summed E-state index contributed by atoms with van der Waals surface area (Å²) in [6.45, 7) is 4.77. The Balaban J connectivity index is 1.59. The van der Waals surface area contributed by atoms with E-state index in [9.17, 15) is 9.90 Å². The summed E-state index contributed by atoms with van der Waals surface area (Å²) in [5.41, 5.74) is 3.59. The number of aliphatic hydroxyl groups is 2. The molecule has 0 spiro atoms. The number of hydrogen-bond donors (Lipinski definition) is 2. The first-order valence-electron chi connectivity index (χ1n) is 8.99. The van der Waals surface area contributed by atoms with Gasteiger partial charge in [-0.1, -0.05) is 17.7 Å². The molecule has 5 nitrogen and oxygen atoms in total. The van der Waals surface area contributed by atoms with E-state index in [1.807, 2.05) is 4.90 Å². The standard InChI is InChI=1S/C19H28N2O3/c1-14-4-5-17-16(11-14)3-2-8-21(17)19(24)12-20-9-6-15(7-10-20)18(23)13-22/h4-5,11,15,18,22-23H,2-3,6-10,12-13H2,1H3. The number of nitrogens with zero attached hydrogens (tertiary/aromatic N) is 2. The number of carbonyl (C=O) groups is 1. The summed E-state index contributed by atoms with van der Waals surface area (Å²) in [6.07, 6.45) is 3.12. The van der Waals surface area contributed by atoms with Crippen molar-refractivity contribution in [3.63, 3.8) is 0 Å². The summed E-state index contributed by atoms with van der Waals surface area (Å²) >= 11 is 0. The lowest BCUT2D eigenvalue weighted by Crippen LogP contribution is -2.46. The number of amides is 1. The van der Waals surface area contributed by atoms with E-state index < -0.39 is 6.10 Å². The van der Waals surface area contributed by atoms with Crippen molar-refractivity contribution in [2.75, 3.05) is 37.7 Å². The maximum absolute atomic E-state index is 12.8. The maximum Gasteiger partial charge on any atom is 0.241 e. The summed E-state index contributed by atoms with van der Waals surface area (Å²) in [6, 6.07) is 6.34. The van der Waals surface area contributed by atoms with Crippen LogP contribution in [0.25, 0.3) is 0 Å². The molecule has 0 aliphatic carbocycles. The third-order valence-electron chi connectivity index (χ3n) is 5.38. The molecule has 0 aromatic heterocycles. The molecule has 5 heteroatoms. The van der Waals surface area contributed by atoms with Gasteiger partial charge in [-0.05, 0) is 63.2 Å². The maximum atomic E-state index is 12.8. The molecular weight excluding hydrogens is 304 g/mol. The Morgan fingerprint density at radius 1 is 1.29 bits per heavy atom. The van der Waals surface area contributed by atoms with Gasteiger partial charge in [0.2, 0.25) is 5.91 Å². The fourth-order valence-corrected chi connectivity index (χ4v) is 3.91. The summed E-state index contributed by atoms with van der Waals surface area (Å²) in [4.78, 5) is 16.9. The van der Waals surface area contributed by atoms with Gasteiger partial charge in [-0.2, -0.15) is 0 Å². The van der Waals surface area contributed by atoms with Crippen molar-refractivity contribution in [2.24, 2.45) is 5.92 Å². The largest absolute Gasteiger partial charge is 0.394 e. The van der Waals surface area contributed by atoms with Crippen molar-refractivity contribution in [2.45, 2.75) is 38.7 Å². The number of carbonyl (C=O) groups excluding carboxylic acids is 1. The van der Waals surface area contributed by atoms with E-state index in [1.165, 1.54) is 11.1 Å². The second kappa shape index (κ2) is 7.64. The second-order valence-corrected chi connectivity index (χ2v) is 7.14. The minimum Gasteiger partial charge on any atom is -0.394 e. The number of aryl methyl sites for hydroxylation is 2. The van der Waals surface area contributed by atoms with Gasteiger partial charge < -0.3 is 15.1 Å². The molecule has 3 rings (SSSR count). The number of hydrogen-bond acceptors (Lipinski definition) is 4. The Morgan fingerprint density at radius 2 is 2.04 bits per heavy atom. The number of likely N-dealkylation sites (tertiary alicyclic amines) is 1.